The van der Waals surface area contributed by atoms with Crippen LogP contribution in [0.2, 0.25) is 0 Å². The van der Waals surface area contributed by atoms with Crippen LogP contribution in [0.4, 0.5) is 4.39 Å². The number of nitrogens with zero attached hydrogens (tertiary/aromatic N) is 1. The number of nitrogens with two attached hydrogens (primary N) is 1. The van der Waals surface area contributed by atoms with Gasteiger partial charge in [-0.3, -0.25) is 0 Å². The molecule has 112 valence electrons. The largest absolute Gasteiger partial charge is 0.329 e. The summed E-state index contributed by atoms with van der Waals surface area (Å²) in [4.78, 5) is 0.154. The van der Waals surface area contributed by atoms with Crippen molar-refractivity contribution < 1.29 is 12.8 Å². The molecule has 1 aromatic rings. The lowest BCUT2D eigenvalue weighted by molar-refractivity contribution is 0.230. The first-order valence-electron chi connectivity index (χ1n) is 6.79. The molecule has 6 heteroatoms. The Morgan fingerprint density at radius 3 is 2.45 bits per heavy atom. The zero-order valence-electron chi connectivity index (χ0n) is 11.9. The molecule has 20 heavy (non-hydrogen) atoms. The fourth-order valence-electron chi connectivity index (χ4n) is 2.99. The Bertz CT molecular complexity index is 595. The van der Waals surface area contributed by atoms with Crippen molar-refractivity contribution in [3.8, 4) is 0 Å². The highest BCUT2D eigenvalue weighted by Gasteiger charge is 2.43. The minimum absolute atomic E-state index is 0.154. The van der Waals surface area contributed by atoms with Crippen LogP contribution < -0.4 is 5.73 Å². The normalized spacial score (nSPS) is 18.6. The number of rotatable bonds is 4. The number of likely N-dealkylation sites (N-methyl/N-ethyl adjacent to an activating group) is 1. The van der Waals surface area contributed by atoms with E-state index in [1.807, 2.05) is 0 Å². The fourth-order valence-corrected chi connectivity index (χ4v) is 4.75. The first-order chi connectivity index (χ1) is 9.33. The van der Waals surface area contributed by atoms with Gasteiger partial charge in [0, 0.05) is 19.1 Å². The Morgan fingerprint density at radius 1 is 1.35 bits per heavy atom. The second kappa shape index (κ2) is 5.42. The molecule has 0 amide bonds. The Hall–Kier alpha value is -0.980. The molecule has 0 aliphatic heterocycles. The van der Waals surface area contributed by atoms with Crippen LogP contribution in [-0.4, -0.2) is 31.9 Å². The van der Waals surface area contributed by atoms with Crippen LogP contribution in [0.25, 0.3) is 0 Å². The molecule has 0 atom stereocenters. The molecule has 2 rings (SSSR count). The number of hydrogen-bond acceptors (Lipinski definition) is 3. The van der Waals surface area contributed by atoms with E-state index in [2.05, 4.69) is 0 Å². The molecule has 0 radical (unpaired) electrons. The van der Waals surface area contributed by atoms with Crippen LogP contribution in [0.15, 0.2) is 23.1 Å². The topological polar surface area (TPSA) is 63.4 Å². The molecule has 0 saturated heterocycles. The SMILES string of the molecule is Cc1cc(F)ccc1S(=O)(=O)N(C)C1(CN)CCCC1. The Labute approximate surface area is 119 Å². The van der Waals surface area contributed by atoms with Crippen LogP contribution >= 0.6 is 0 Å². The molecule has 0 aromatic heterocycles. The van der Waals surface area contributed by atoms with Gasteiger partial charge in [0.25, 0.3) is 0 Å². The smallest absolute Gasteiger partial charge is 0.243 e. The molecule has 1 saturated carbocycles. The van der Waals surface area contributed by atoms with Gasteiger partial charge in [0.15, 0.2) is 0 Å². The van der Waals surface area contributed by atoms with E-state index < -0.39 is 21.4 Å². The maximum absolute atomic E-state index is 13.2. The Morgan fingerprint density at radius 2 is 1.95 bits per heavy atom. The van der Waals surface area contributed by atoms with Gasteiger partial charge < -0.3 is 5.73 Å². The maximum Gasteiger partial charge on any atom is 0.243 e. The molecule has 1 aliphatic rings. The standard InChI is InChI=1S/C14H21FN2O2S/c1-11-9-12(15)5-6-13(11)20(18,19)17(2)14(10-16)7-3-4-8-14/h5-6,9H,3-4,7-8,10,16H2,1-2H3. The lowest BCUT2D eigenvalue weighted by Crippen LogP contribution is -2.52. The van der Waals surface area contributed by atoms with Crippen molar-refractivity contribution in [1.29, 1.82) is 0 Å². The first kappa shape index (κ1) is 15.4. The van der Waals surface area contributed by atoms with Crippen LogP contribution in [0.1, 0.15) is 31.2 Å². The summed E-state index contributed by atoms with van der Waals surface area (Å²) in [5.41, 5.74) is 5.76. The molecule has 0 bridgehead atoms. The van der Waals surface area contributed by atoms with E-state index in [4.69, 9.17) is 5.73 Å². The number of benzene rings is 1. The van der Waals surface area contributed by atoms with Gasteiger partial charge in [-0.1, -0.05) is 12.8 Å². The number of halogens is 1. The van der Waals surface area contributed by atoms with Crippen molar-refractivity contribution in [3.63, 3.8) is 0 Å². The maximum atomic E-state index is 13.2. The van der Waals surface area contributed by atoms with Crippen molar-refractivity contribution in [2.75, 3.05) is 13.6 Å². The van der Waals surface area contributed by atoms with Gasteiger partial charge in [-0.25, -0.2) is 12.8 Å². The summed E-state index contributed by atoms with van der Waals surface area (Å²) in [6, 6.07) is 3.75. The molecule has 0 unspecified atom stereocenters. The van der Waals surface area contributed by atoms with E-state index in [0.29, 0.717) is 12.1 Å². The predicted molar refractivity (Wildman–Crippen MR) is 76.3 cm³/mol. The van der Waals surface area contributed by atoms with Gasteiger partial charge in [-0.15, -0.1) is 0 Å². The Balaban J connectivity index is 2.44. The van der Waals surface area contributed by atoms with Crippen LogP contribution in [0, 0.1) is 12.7 Å². The summed E-state index contributed by atoms with van der Waals surface area (Å²) in [5.74, 6) is -0.432. The minimum atomic E-state index is -3.65. The highest BCUT2D eigenvalue weighted by molar-refractivity contribution is 7.89. The minimum Gasteiger partial charge on any atom is -0.329 e. The van der Waals surface area contributed by atoms with Crippen molar-refractivity contribution in [3.05, 3.63) is 29.6 Å². The average molecular weight is 300 g/mol. The summed E-state index contributed by atoms with van der Waals surface area (Å²) < 4.78 is 40.1. The zero-order valence-corrected chi connectivity index (χ0v) is 12.7. The third kappa shape index (κ3) is 2.47. The summed E-state index contributed by atoms with van der Waals surface area (Å²) in [5, 5.41) is 0. The van der Waals surface area contributed by atoms with Crippen molar-refractivity contribution in [2.24, 2.45) is 5.73 Å². The van der Waals surface area contributed by atoms with Gasteiger partial charge in [0.05, 0.1) is 4.90 Å². The monoisotopic (exact) mass is 300 g/mol. The predicted octanol–water partition coefficient (Wildman–Crippen LogP) is 2.03. The zero-order chi connectivity index (χ0) is 15.0. The average Bonchev–Trinajstić information content (AvgIpc) is 2.87. The number of hydrogen-bond donors (Lipinski definition) is 1. The second-order valence-corrected chi connectivity index (χ2v) is 7.46. The third-order valence-corrected chi connectivity index (χ3v) is 6.48. The second-order valence-electron chi connectivity index (χ2n) is 5.52. The summed E-state index contributed by atoms with van der Waals surface area (Å²) >= 11 is 0. The van der Waals surface area contributed by atoms with Crippen molar-refractivity contribution in [2.45, 2.75) is 43.0 Å². The van der Waals surface area contributed by atoms with E-state index in [0.717, 1.165) is 25.7 Å². The van der Waals surface area contributed by atoms with Crippen LogP contribution in [-0.2, 0) is 10.0 Å². The first-order valence-corrected chi connectivity index (χ1v) is 8.23. The van der Waals surface area contributed by atoms with E-state index in [1.54, 1.807) is 14.0 Å². The van der Waals surface area contributed by atoms with Gasteiger partial charge in [-0.2, -0.15) is 4.31 Å². The summed E-state index contributed by atoms with van der Waals surface area (Å²) in [6.07, 6.45) is 3.53. The highest BCUT2D eigenvalue weighted by Crippen LogP contribution is 2.37. The molecule has 2 N–H and O–H groups in total. The Kier molecular flexibility index (Phi) is 4.18. The number of aryl methyl sites for hydroxylation is 1. The quantitative estimate of drug-likeness (QED) is 0.925. The lowest BCUT2D eigenvalue weighted by atomic mass is 9.98. The molecule has 0 spiro atoms. The summed E-state index contributed by atoms with van der Waals surface area (Å²) in [6.45, 7) is 1.91. The van der Waals surface area contributed by atoms with Crippen LogP contribution in [0.5, 0.6) is 0 Å². The molecule has 0 heterocycles. The van der Waals surface area contributed by atoms with Crippen molar-refractivity contribution in [1.82, 2.24) is 4.31 Å². The third-order valence-electron chi connectivity index (χ3n) is 4.36. The summed E-state index contributed by atoms with van der Waals surface area (Å²) in [7, 11) is -2.07. The fraction of sp³-hybridized carbons (Fsp3) is 0.571. The van der Waals surface area contributed by atoms with E-state index in [9.17, 15) is 12.8 Å². The van der Waals surface area contributed by atoms with E-state index in [-0.39, 0.29) is 4.90 Å². The van der Waals surface area contributed by atoms with E-state index in [1.165, 1.54) is 22.5 Å². The molecular weight excluding hydrogens is 279 g/mol. The van der Waals surface area contributed by atoms with Crippen LogP contribution in [0.3, 0.4) is 0 Å². The molecule has 1 aromatic carbocycles. The highest BCUT2D eigenvalue weighted by atomic mass is 32.2. The van der Waals surface area contributed by atoms with Gasteiger partial charge >= 0.3 is 0 Å². The molecule has 1 aliphatic carbocycles. The van der Waals surface area contributed by atoms with Crippen molar-refractivity contribution >= 4 is 10.0 Å². The van der Waals surface area contributed by atoms with Gasteiger partial charge in [0.1, 0.15) is 5.82 Å². The lowest BCUT2D eigenvalue weighted by Gasteiger charge is -2.37. The van der Waals surface area contributed by atoms with Gasteiger partial charge in [0.2, 0.25) is 10.0 Å². The number of sulfonamides is 1. The van der Waals surface area contributed by atoms with E-state index >= 15 is 0 Å². The molecule has 1 fully saturated rings. The molecular formula is C14H21FN2O2S. The molecule has 4 nitrogen and oxygen atoms in total. The van der Waals surface area contributed by atoms with Gasteiger partial charge in [-0.05, 0) is 43.5 Å².